The summed E-state index contributed by atoms with van der Waals surface area (Å²) in [6.07, 6.45) is 0. The van der Waals surface area contributed by atoms with Gasteiger partial charge in [0.1, 0.15) is 5.82 Å². The van der Waals surface area contributed by atoms with Crippen LogP contribution in [0.1, 0.15) is 0 Å². The van der Waals surface area contributed by atoms with Gasteiger partial charge >= 0.3 is 0 Å². The molecule has 0 aliphatic rings. The molecular weight excluding hydrogens is 366 g/mol. The topological polar surface area (TPSA) is 0 Å². The maximum atomic E-state index is 12.8. The highest BCUT2D eigenvalue weighted by atomic mass is 79.9. The predicted molar refractivity (Wildman–Crippen MR) is 54.5 cm³/mol. The lowest BCUT2D eigenvalue weighted by Crippen LogP contribution is -1.81. The molecule has 0 saturated carbocycles. The zero-order valence-electron chi connectivity index (χ0n) is 4.97. The summed E-state index contributed by atoms with van der Waals surface area (Å²) >= 11 is 15.1. The summed E-state index contributed by atoms with van der Waals surface area (Å²) in [5.74, 6) is -0.384. The van der Waals surface area contributed by atoms with Crippen LogP contribution in [0.4, 0.5) is 4.39 Å². The minimum absolute atomic E-state index is 0.345. The SMILES string of the molecule is Fc1cc(Cl)c(Br)c(Br)c1Br. The Balaban J connectivity index is 3.46. The lowest BCUT2D eigenvalue weighted by molar-refractivity contribution is 0.619. The molecule has 1 aromatic rings. The van der Waals surface area contributed by atoms with E-state index in [0.29, 0.717) is 18.4 Å². The summed E-state index contributed by atoms with van der Waals surface area (Å²) in [6, 6.07) is 1.24. The first-order chi connectivity index (χ1) is 5.04. The monoisotopic (exact) mass is 364 g/mol. The number of hydrogen-bond donors (Lipinski definition) is 0. The van der Waals surface area contributed by atoms with Gasteiger partial charge in [0.15, 0.2) is 0 Å². The van der Waals surface area contributed by atoms with Gasteiger partial charge in [0.25, 0.3) is 0 Å². The van der Waals surface area contributed by atoms with Gasteiger partial charge in [0.05, 0.1) is 18.4 Å². The molecule has 11 heavy (non-hydrogen) atoms. The maximum absolute atomic E-state index is 12.8. The second-order valence-electron chi connectivity index (χ2n) is 1.78. The van der Waals surface area contributed by atoms with Gasteiger partial charge in [-0.05, 0) is 53.9 Å². The average molecular weight is 367 g/mol. The van der Waals surface area contributed by atoms with Gasteiger partial charge < -0.3 is 0 Å². The third-order valence-electron chi connectivity index (χ3n) is 1.06. The van der Waals surface area contributed by atoms with E-state index in [1.54, 1.807) is 0 Å². The summed E-state index contributed by atoms with van der Waals surface area (Å²) in [4.78, 5) is 0. The van der Waals surface area contributed by atoms with E-state index in [0.717, 1.165) is 0 Å². The van der Waals surface area contributed by atoms with Gasteiger partial charge in [0, 0.05) is 0 Å². The van der Waals surface area contributed by atoms with Crippen LogP contribution in [0.25, 0.3) is 0 Å². The van der Waals surface area contributed by atoms with Crippen molar-refractivity contribution in [1.29, 1.82) is 0 Å². The summed E-state index contributed by atoms with van der Waals surface area (Å²) in [7, 11) is 0. The molecule has 0 N–H and O–H groups in total. The molecule has 0 nitrogen and oxygen atoms in total. The minimum Gasteiger partial charge on any atom is -0.206 e. The minimum atomic E-state index is -0.384. The van der Waals surface area contributed by atoms with Crippen LogP contribution in [0.2, 0.25) is 5.02 Å². The molecule has 0 bridgehead atoms. The van der Waals surface area contributed by atoms with Crippen molar-refractivity contribution < 1.29 is 4.39 Å². The van der Waals surface area contributed by atoms with E-state index in [9.17, 15) is 4.39 Å². The first-order valence-corrected chi connectivity index (χ1v) is 5.28. The van der Waals surface area contributed by atoms with Crippen LogP contribution in [0.15, 0.2) is 19.5 Å². The fourth-order valence-corrected chi connectivity index (χ4v) is 2.14. The molecule has 0 amide bonds. The van der Waals surface area contributed by atoms with E-state index < -0.39 is 0 Å². The molecule has 5 heteroatoms. The molecule has 0 unspecified atom stereocenters. The summed E-state index contributed by atoms with van der Waals surface area (Å²) in [5, 5.41) is 0.345. The average Bonchev–Trinajstić information content (AvgIpc) is 1.97. The van der Waals surface area contributed by atoms with Crippen molar-refractivity contribution in [2.45, 2.75) is 0 Å². The van der Waals surface area contributed by atoms with Gasteiger partial charge in [-0.25, -0.2) is 4.39 Å². The first-order valence-electron chi connectivity index (χ1n) is 2.52. The van der Waals surface area contributed by atoms with Gasteiger partial charge in [-0.1, -0.05) is 11.6 Å². The van der Waals surface area contributed by atoms with Crippen molar-refractivity contribution in [3.05, 3.63) is 30.3 Å². The van der Waals surface area contributed by atoms with Crippen molar-refractivity contribution in [1.82, 2.24) is 0 Å². The third kappa shape index (κ3) is 1.97. The highest BCUT2D eigenvalue weighted by Gasteiger charge is 2.10. The molecule has 0 saturated heterocycles. The van der Waals surface area contributed by atoms with Gasteiger partial charge in [0.2, 0.25) is 0 Å². The maximum Gasteiger partial charge on any atom is 0.140 e. The zero-order chi connectivity index (χ0) is 8.59. The Hall–Kier alpha value is 0.880. The Bertz CT molecular complexity index is 274. The molecule has 60 valence electrons. The standard InChI is InChI=1S/C6HBr3ClF/c7-4-2(10)1-3(11)5(8)6(4)9/h1H. The van der Waals surface area contributed by atoms with Gasteiger partial charge in [-0.3, -0.25) is 0 Å². The molecule has 0 heterocycles. The highest BCUT2D eigenvalue weighted by molar-refractivity contribution is 9.14. The molecule has 0 aliphatic heterocycles. The van der Waals surface area contributed by atoms with Crippen LogP contribution in [0.5, 0.6) is 0 Å². The van der Waals surface area contributed by atoms with E-state index in [4.69, 9.17) is 11.6 Å². The molecular formula is C6HBr3ClF. The number of benzene rings is 1. The quantitative estimate of drug-likeness (QED) is 0.458. The fraction of sp³-hybridized carbons (Fsp3) is 0. The van der Waals surface area contributed by atoms with E-state index in [1.807, 2.05) is 0 Å². The van der Waals surface area contributed by atoms with Gasteiger partial charge in [-0.15, -0.1) is 0 Å². The zero-order valence-corrected chi connectivity index (χ0v) is 10.5. The predicted octanol–water partition coefficient (Wildman–Crippen LogP) is 4.77. The summed E-state index contributed by atoms with van der Waals surface area (Å²) in [5.41, 5.74) is 0. The molecule has 0 aromatic heterocycles. The van der Waals surface area contributed by atoms with Gasteiger partial charge in [-0.2, -0.15) is 0 Å². The highest BCUT2D eigenvalue weighted by Crippen LogP contribution is 2.37. The molecule has 0 spiro atoms. The van der Waals surface area contributed by atoms with E-state index in [-0.39, 0.29) is 5.82 Å². The van der Waals surface area contributed by atoms with E-state index in [2.05, 4.69) is 47.8 Å². The van der Waals surface area contributed by atoms with Crippen LogP contribution >= 0.6 is 59.4 Å². The first kappa shape index (κ1) is 9.96. The third-order valence-corrected chi connectivity index (χ3v) is 5.04. The molecule has 0 atom stereocenters. The second-order valence-corrected chi connectivity index (χ2v) is 4.57. The van der Waals surface area contributed by atoms with Crippen molar-refractivity contribution in [2.24, 2.45) is 0 Å². The van der Waals surface area contributed by atoms with Crippen LogP contribution < -0.4 is 0 Å². The van der Waals surface area contributed by atoms with E-state index >= 15 is 0 Å². The Morgan fingerprint density at radius 2 is 1.64 bits per heavy atom. The van der Waals surface area contributed by atoms with Crippen molar-refractivity contribution >= 4 is 59.4 Å². The Morgan fingerprint density at radius 1 is 1.09 bits per heavy atom. The van der Waals surface area contributed by atoms with Crippen LogP contribution in [-0.4, -0.2) is 0 Å². The number of rotatable bonds is 0. The smallest absolute Gasteiger partial charge is 0.140 e. The van der Waals surface area contributed by atoms with Crippen LogP contribution in [0.3, 0.4) is 0 Å². The van der Waals surface area contributed by atoms with Crippen molar-refractivity contribution in [3.63, 3.8) is 0 Å². The summed E-state index contributed by atoms with van der Waals surface area (Å²) < 4.78 is 14.4. The lowest BCUT2D eigenvalue weighted by Gasteiger charge is -2.02. The molecule has 1 aromatic carbocycles. The second kappa shape index (κ2) is 3.73. The van der Waals surface area contributed by atoms with Crippen LogP contribution in [0, 0.1) is 5.82 Å². The molecule has 0 radical (unpaired) electrons. The largest absolute Gasteiger partial charge is 0.206 e. The molecule has 0 aliphatic carbocycles. The Kier molecular flexibility index (Phi) is 3.38. The Morgan fingerprint density at radius 3 is 2.18 bits per heavy atom. The lowest BCUT2D eigenvalue weighted by atomic mass is 10.3. The van der Waals surface area contributed by atoms with Crippen molar-refractivity contribution in [2.75, 3.05) is 0 Å². The van der Waals surface area contributed by atoms with Crippen molar-refractivity contribution in [3.8, 4) is 0 Å². The number of hydrogen-bond acceptors (Lipinski definition) is 0. The molecule has 1 rings (SSSR count). The number of halogens is 5. The van der Waals surface area contributed by atoms with Crippen LogP contribution in [-0.2, 0) is 0 Å². The fourth-order valence-electron chi connectivity index (χ4n) is 0.544. The van der Waals surface area contributed by atoms with E-state index in [1.165, 1.54) is 6.07 Å². The Labute approximate surface area is 93.5 Å². The molecule has 0 fully saturated rings. The normalized spacial score (nSPS) is 10.3. The summed E-state index contributed by atoms with van der Waals surface area (Å²) in [6.45, 7) is 0.